The van der Waals surface area contributed by atoms with Crippen molar-refractivity contribution in [1.29, 1.82) is 0 Å². The predicted octanol–water partition coefficient (Wildman–Crippen LogP) is 3.71. The Morgan fingerprint density at radius 1 is 1.12 bits per heavy atom. The van der Waals surface area contributed by atoms with Crippen LogP contribution in [0.25, 0.3) is 11.0 Å². The number of sulfonamides is 1. The first-order valence-electron chi connectivity index (χ1n) is 8.50. The van der Waals surface area contributed by atoms with Crippen molar-refractivity contribution in [3.63, 3.8) is 0 Å². The summed E-state index contributed by atoms with van der Waals surface area (Å²) in [4.78, 5) is 8.28. The lowest BCUT2D eigenvalue weighted by Gasteiger charge is -2.23. The van der Waals surface area contributed by atoms with Crippen molar-refractivity contribution in [2.24, 2.45) is 0 Å². The second kappa shape index (κ2) is 5.97. The topological polar surface area (TPSA) is 66.1 Å². The lowest BCUT2D eigenvalue weighted by atomic mass is 10.1. The molecule has 0 spiro atoms. The third kappa shape index (κ3) is 2.75. The largest absolute Gasteiger partial charge is 0.341 e. The molecule has 130 valence electrons. The first-order valence-corrected chi connectivity index (χ1v) is 9.94. The van der Waals surface area contributed by atoms with E-state index in [2.05, 4.69) is 9.97 Å². The normalized spacial score (nSPS) is 18.9. The molecule has 1 fully saturated rings. The van der Waals surface area contributed by atoms with Crippen LogP contribution in [0.2, 0.25) is 0 Å². The van der Waals surface area contributed by atoms with E-state index in [0.29, 0.717) is 11.4 Å². The Labute approximate surface area is 147 Å². The van der Waals surface area contributed by atoms with Gasteiger partial charge in [-0.05, 0) is 62.1 Å². The smallest absolute Gasteiger partial charge is 0.243 e. The number of hydrogen-bond acceptors (Lipinski definition) is 3. The van der Waals surface area contributed by atoms with Gasteiger partial charge in [0.1, 0.15) is 5.82 Å². The van der Waals surface area contributed by atoms with Gasteiger partial charge < -0.3 is 4.98 Å². The highest BCUT2D eigenvalue weighted by molar-refractivity contribution is 7.89. The number of para-hydroxylation sites is 2. The first-order chi connectivity index (χ1) is 12.0. The Bertz CT molecular complexity index is 1010. The molecule has 5 nitrogen and oxygen atoms in total. The summed E-state index contributed by atoms with van der Waals surface area (Å²) < 4.78 is 28.0. The third-order valence-corrected chi connectivity index (χ3v) is 6.92. The number of aromatic amines is 1. The van der Waals surface area contributed by atoms with E-state index in [0.717, 1.165) is 40.8 Å². The zero-order valence-corrected chi connectivity index (χ0v) is 15.2. The summed E-state index contributed by atoms with van der Waals surface area (Å²) in [5.74, 6) is 0.728. The van der Waals surface area contributed by atoms with Gasteiger partial charge in [-0.15, -0.1) is 0 Å². The summed E-state index contributed by atoms with van der Waals surface area (Å²) in [6.45, 7) is 4.45. The Hall–Kier alpha value is -2.18. The number of nitrogens with one attached hydrogen (secondary N) is 1. The number of aryl methyl sites for hydroxylation is 2. The summed E-state index contributed by atoms with van der Waals surface area (Å²) in [5, 5.41) is 0. The molecule has 4 rings (SSSR count). The van der Waals surface area contributed by atoms with E-state index in [9.17, 15) is 8.42 Å². The molecular formula is C19H21N3O2S. The van der Waals surface area contributed by atoms with Crippen LogP contribution in [0.4, 0.5) is 0 Å². The Kier molecular flexibility index (Phi) is 3.89. The molecule has 3 aromatic rings. The number of imidazole rings is 1. The number of nitrogens with zero attached hydrogens (tertiary/aromatic N) is 2. The van der Waals surface area contributed by atoms with Crippen molar-refractivity contribution in [2.45, 2.75) is 37.6 Å². The van der Waals surface area contributed by atoms with Crippen LogP contribution in [0.5, 0.6) is 0 Å². The number of aromatic nitrogens is 2. The van der Waals surface area contributed by atoms with E-state index < -0.39 is 10.0 Å². The SMILES string of the molecule is Cc1ccc(S(=O)(=O)N2CCC[C@H]2c2nc3ccccc3[nH]2)cc1C. The minimum Gasteiger partial charge on any atom is -0.341 e. The van der Waals surface area contributed by atoms with Crippen LogP contribution in [-0.4, -0.2) is 29.2 Å². The van der Waals surface area contributed by atoms with Gasteiger partial charge in [0, 0.05) is 6.54 Å². The maximum atomic E-state index is 13.2. The molecule has 1 atom stereocenters. The zero-order chi connectivity index (χ0) is 17.6. The van der Waals surface area contributed by atoms with Crippen molar-refractivity contribution >= 4 is 21.1 Å². The van der Waals surface area contributed by atoms with E-state index >= 15 is 0 Å². The molecular weight excluding hydrogens is 334 g/mol. The van der Waals surface area contributed by atoms with E-state index in [4.69, 9.17) is 0 Å². The Balaban J connectivity index is 1.74. The van der Waals surface area contributed by atoms with Crippen molar-refractivity contribution in [2.75, 3.05) is 6.54 Å². The molecule has 0 bridgehead atoms. The standard InChI is InChI=1S/C19H21N3O2S/c1-13-9-10-15(12-14(13)2)25(23,24)22-11-5-8-18(22)19-20-16-6-3-4-7-17(16)21-19/h3-4,6-7,9-10,12,18H,5,8,11H2,1-2H3,(H,20,21)/t18-/m0/s1. The Morgan fingerprint density at radius 3 is 2.68 bits per heavy atom. The van der Waals surface area contributed by atoms with Gasteiger partial charge in [-0.1, -0.05) is 18.2 Å². The van der Waals surface area contributed by atoms with Crippen LogP contribution in [0.1, 0.15) is 35.8 Å². The number of fused-ring (bicyclic) bond motifs is 1. The zero-order valence-electron chi connectivity index (χ0n) is 14.4. The second-order valence-electron chi connectivity index (χ2n) is 6.66. The molecule has 1 aliphatic rings. The fourth-order valence-corrected chi connectivity index (χ4v) is 5.19. The molecule has 1 aliphatic heterocycles. The number of H-pyrrole nitrogens is 1. The molecule has 0 unspecified atom stereocenters. The average Bonchev–Trinajstić information content (AvgIpc) is 3.23. The monoisotopic (exact) mass is 355 g/mol. The van der Waals surface area contributed by atoms with Crippen LogP contribution in [0, 0.1) is 13.8 Å². The van der Waals surface area contributed by atoms with Crippen molar-refractivity contribution < 1.29 is 8.42 Å². The summed E-state index contributed by atoms with van der Waals surface area (Å²) in [6.07, 6.45) is 1.62. The lowest BCUT2D eigenvalue weighted by molar-refractivity contribution is 0.385. The van der Waals surface area contributed by atoms with Gasteiger partial charge in [0.05, 0.1) is 22.0 Å². The van der Waals surface area contributed by atoms with E-state index in [-0.39, 0.29) is 6.04 Å². The molecule has 0 amide bonds. The third-order valence-electron chi connectivity index (χ3n) is 5.01. The van der Waals surface area contributed by atoms with E-state index in [1.165, 1.54) is 0 Å². The molecule has 0 aliphatic carbocycles. The van der Waals surface area contributed by atoms with Gasteiger partial charge in [-0.25, -0.2) is 13.4 Å². The number of rotatable bonds is 3. The average molecular weight is 355 g/mol. The van der Waals surface area contributed by atoms with Gasteiger partial charge in [-0.3, -0.25) is 0 Å². The maximum absolute atomic E-state index is 13.2. The number of hydrogen-bond donors (Lipinski definition) is 1. The number of benzene rings is 2. The lowest BCUT2D eigenvalue weighted by Crippen LogP contribution is -2.31. The highest BCUT2D eigenvalue weighted by atomic mass is 32.2. The van der Waals surface area contributed by atoms with Gasteiger partial charge >= 0.3 is 0 Å². The van der Waals surface area contributed by atoms with Gasteiger partial charge in [0.15, 0.2) is 0 Å². The summed E-state index contributed by atoms with van der Waals surface area (Å²) >= 11 is 0. The molecule has 1 aromatic heterocycles. The van der Waals surface area contributed by atoms with Gasteiger partial charge in [0.25, 0.3) is 0 Å². The fourth-order valence-electron chi connectivity index (χ4n) is 3.44. The Morgan fingerprint density at radius 2 is 1.92 bits per heavy atom. The minimum atomic E-state index is -3.54. The molecule has 2 aromatic carbocycles. The molecule has 0 radical (unpaired) electrons. The van der Waals surface area contributed by atoms with E-state index in [1.54, 1.807) is 16.4 Å². The predicted molar refractivity (Wildman–Crippen MR) is 97.9 cm³/mol. The maximum Gasteiger partial charge on any atom is 0.243 e. The van der Waals surface area contributed by atoms with Gasteiger partial charge in [0.2, 0.25) is 10.0 Å². The highest BCUT2D eigenvalue weighted by Crippen LogP contribution is 2.36. The summed E-state index contributed by atoms with van der Waals surface area (Å²) in [7, 11) is -3.54. The molecule has 25 heavy (non-hydrogen) atoms. The molecule has 1 saturated heterocycles. The van der Waals surface area contributed by atoms with Crippen molar-refractivity contribution in [3.05, 3.63) is 59.4 Å². The van der Waals surface area contributed by atoms with Crippen molar-refractivity contribution in [1.82, 2.24) is 14.3 Å². The minimum absolute atomic E-state index is 0.237. The molecule has 2 heterocycles. The van der Waals surface area contributed by atoms with Crippen LogP contribution >= 0.6 is 0 Å². The van der Waals surface area contributed by atoms with Crippen LogP contribution in [-0.2, 0) is 10.0 Å². The van der Waals surface area contributed by atoms with Crippen LogP contribution in [0.3, 0.4) is 0 Å². The van der Waals surface area contributed by atoms with Gasteiger partial charge in [-0.2, -0.15) is 4.31 Å². The molecule has 1 N–H and O–H groups in total. The van der Waals surface area contributed by atoms with Crippen LogP contribution in [0.15, 0.2) is 47.4 Å². The molecule has 0 saturated carbocycles. The second-order valence-corrected chi connectivity index (χ2v) is 8.55. The van der Waals surface area contributed by atoms with E-state index in [1.807, 2.05) is 44.2 Å². The first kappa shape index (κ1) is 16.3. The summed E-state index contributed by atoms with van der Waals surface area (Å²) in [5.41, 5.74) is 3.88. The molecule has 6 heteroatoms. The highest BCUT2D eigenvalue weighted by Gasteiger charge is 2.37. The van der Waals surface area contributed by atoms with Crippen molar-refractivity contribution in [3.8, 4) is 0 Å². The fraction of sp³-hybridized carbons (Fsp3) is 0.316. The summed E-state index contributed by atoms with van der Waals surface area (Å²) in [6, 6.07) is 12.9. The van der Waals surface area contributed by atoms with Crippen LogP contribution < -0.4 is 0 Å². The quantitative estimate of drug-likeness (QED) is 0.779.